The number of nitrogens with one attached hydrogen (secondary N) is 1. The molecule has 0 aliphatic carbocycles. The molecule has 0 saturated heterocycles. The lowest BCUT2D eigenvalue weighted by Crippen LogP contribution is -2.42. The zero-order valence-corrected chi connectivity index (χ0v) is 13.0. The first-order valence-corrected chi connectivity index (χ1v) is 7.99. The van der Waals surface area contributed by atoms with E-state index in [-0.39, 0.29) is 12.1 Å². The highest BCUT2D eigenvalue weighted by Gasteiger charge is 2.28. The largest absolute Gasteiger partial charge is 0.335 e. The Bertz CT molecular complexity index is 626. The second-order valence-electron chi connectivity index (χ2n) is 5.13. The molecule has 3 nitrogen and oxygen atoms in total. The fourth-order valence-electron chi connectivity index (χ4n) is 2.30. The number of hydrogen-bond acceptors (Lipinski definition) is 2. The lowest BCUT2D eigenvalue weighted by molar-refractivity contribution is 0.245. The van der Waals surface area contributed by atoms with Crippen LogP contribution in [-0.4, -0.2) is 12.1 Å². The second kappa shape index (κ2) is 5.82. The van der Waals surface area contributed by atoms with Gasteiger partial charge in [0.1, 0.15) is 0 Å². The Morgan fingerprint density at radius 2 is 1.62 bits per heavy atom. The molecule has 1 N–H and O–H groups in total. The molecule has 2 aromatic rings. The van der Waals surface area contributed by atoms with Crippen molar-refractivity contribution < 1.29 is 4.79 Å². The molecule has 108 valence electrons. The van der Waals surface area contributed by atoms with Crippen LogP contribution in [0.2, 0.25) is 0 Å². The van der Waals surface area contributed by atoms with Crippen LogP contribution in [0.15, 0.2) is 58.3 Å². The number of carbonyl (C=O) groups is 1. The quantitative estimate of drug-likeness (QED) is 0.864. The maximum atomic E-state index is 12.7. The third kappa shape index (κ3) is 2.63. The number of carbonyl (C=O) groups excluding carboxylic acids is 1. The third-order valence-corrected chi connectivity index (χ3v) is 4.75. The highest BCUT2D eigenvalue weighted by Crippen LogP contribution is 2.47. The third-order valence-electron chi connectivity index (χ3n) is 3.62. The van der Waals surface area contributed by atoms with Crippen LogP contribution in [0.25, 0.3) is 0 Å². The van der Waals surface area contributed by atoms with Crippen LogP contribution in [-0.2, 0) is 0 Å². The normalized spacial score (nSPS) is 14.1. The highest BCUT2D eigenvalue weighted by atomic mass is 32.2. The van der Waals surface area contributed by atoms with Gasteiger partial charge >= 0.3 is 6.03 Å². The van der Waals surface area contributed by atoms with Crippen molar-refractivity contribution >= 4 is 29.2 Å². The fraction of sp³-hybridized carbons (Fsp3) is 0.235. The molecule has 0 radical (unpaired) electrons. The van der Waals surface area contributed by atoms with Crippen molar-refractivity contribution in [2.75, 3.05) is 4.90 Å². The summed E-state index contributed by atoms with van der Waals surface area (Å²) in [6, 6.07) is 16.1. The number of benzene rings is 2. The highest BCUT2D eigenvalue weighted by molar-refractivity contribution is 7.99. The van der Waals surface area contributed by atoms with Crippen molar-refractivity contribution in [3.8, 4) is 0 Å². The monoisotopic (exact) mass is 298 g/mol. The van der Waals surface area contributed by atoms with Crippen LogP contribution in [0.1, 0.15) is 20.3 Å². The molecule has 1 heterocycles. The first-order valence-electron chi connectivity index (χ1n) is 7.17. The average Bonchev–Trinajstić information content (AvgIpc) is 2.52. The van der Waals surface area contributed by atoms with Gasteiger partial charge < -0.3 is 5.32 Å². The predicted molar refractivity (Wildman–Crippen MR) is 87.4 cm³/mol. The summed E-state index contributed by atoms with van der Waals surface area (Å²) in [5.74, 6) is 0. The Labute approximate surface area is 129 Å². The number of hydrogen-bond donors (Lipinski definition) is 1. The number of urea groups is 1. The molecule has 0 unspecified atom stereocenters. The summed E-state index contributed by atoms with van der Waals surface area (Å²) < 4.78 is 0. The van der Waals surface area contributed by atoms with Gasteiger partial charge in [0.15, 0.2) is 0 Å². The number of para-hydroxylation sites is 2. The standard InChI is InChI=1S/C17H18N2OS/c1-3-12(2)18-17(20)19-13-8-4-6-10-15(13)21-16-11-7-5-9-14(16)19/h4-12H,3H2,1-2H3,(H,18,20)/t12-/m1/s1. The van der Waals surface area contributed by atoms with Gasteiger partial charge in [-0.1, -0.05) is 43.0 Å². The van der Waals surface area contributed by atoms with Crippen molar-refractivity contribution in [2.24, 2.45) is 0 Å². The molecule has 0 bridgehead atoms. The molecule has 21 heavy (non-hydrogen) atoms. The van der Waals surface area contributed by atoms with E-state index in [2.05, 4.69) is 24.4 Å². The van der Waals surface area contributed by atoms with Gasteiger partial charge in [0, 0.05) is 15.8 Å². The lowest BCUT2D eigenvalue weighted by atomic mass is 10.2. The first-order chi connectivity index (χ1) is 10.2. The summed E-state index contributed by atoms with van der Waals surface area (Å²) in [5.41, 5.74) is 1.89. The number of nitrogens with zero attached hydrogens (tertiary/aromatic N) is 1. The van der Waals surface area contributed by atoms with Crippen LogP contribution in [0.3, 0.4) is 0 Å². The molecule has 2 amide bonds. The topological polar surface area (TPSA) is 32.3 Å². The molecular formula is C17H18N2OS. The Kier molecular flexibility index (Phi) is 3.88. The van der Waals surface area contributed by atoms with E-state index >= 15 is 0 Å². The summed E-state index contributed by atoms with van der Waals surface area (Å²) in [6.07, 6.45) is 0.914. The predicted octanol–water partition coefficient (Wildman–Crippen LogP) is 4.80. The lowest BCUT2D eigenvalue weighted by Gasteiger charge is -2.31. The number of amides is 2. The molecular weight excluding hydrogens is 280 g/mol. The number of anilines is 2. The van der Waals surface area contributed by atoms with Crippen LogP contribution >= 0.6 is 11.8 Å². The smallest absolute Gasteiger partial charge is 0.326 e. The summed E-state index contributed by atoms with van der Waals surface area (Å²) in [5, 5.41) is 3.06. The van der Waals surface area contributed by atoms with E-state index < -0.39 is 0 Å². The maximum Gasteiger partial charge on any atom is 0.326 e. The van der Waals surface area contributed by atoms with Gasteiger partial charge in [0.25, 0.3) is 0 Å². The minimum absolute atomic E-state index is 0.0652. The fourth-order valence-corrected chi connectivity index (χ4v) is 3.36. The van der Waals surface area contributed by atoms with Gasteiger partial charge in [0.05, 0.1) is 11.4 Å². The van der Waals surface area contributed by atoms with E-state index in [1.165, 1.54) is 0 Å². The Hall–Kier alpha value is -1.94. The van der Waals surface area contributed by atoms with E-state index in [1.807, 2.05) is 43.3 Å². The SMILES string of the molecule is CC[C@@H](C)NC(=O)N1c2ccccc2Sc2ccccc21. The molecule has 0 aromatic heterocycles. The van der Waals surface area contributed by atoms with Crippen LogP contribution in [0.4, 0.5) is 16.2 Å². The van der Waals surface area contributed by atoms with Crippen molar-refractivity contribution in [3.05, 3.63) is 48.5 Å². The zero-order chi connectivity index (χ0) is 14.8. The van der Waals surface area contributed by atoms with Crippen LogP contribution in [0.5, 0.6) is 0 Å². The van der Waals surface area contributed by atoms with E-state index in [1.54, 1.807) is 16.7 Å². The van der Waals surface area contributed by atoms with Gasteiger partial charge in [-0.15, -0.1) is 0 Å². The first kappa shape index (κ1) is 14.0. The number of rotatable bonds is 2. The van der Waals surface area contributed by atoms with Crippen molar-refractivity contribution in [1.29, 1.82) is 0 Å². The van der Waals surface area contributed by atoms with Gasteiger partial charge in [-0.25, -0.2) is 4.79 Å². The minimum Gasteiger partial charge on any atom is -0.335 e. The summed E-state index contributed by atoms with van der Waals surface area (Å²) in [6.45, 7) is 4.09. The van der Waals surface area contributed by atoms with Crippen molar-refractivity contribution in [2.45, 2.75) is 36.1 Å². The summed E-state index contributed by atoms with van der Waals surface area (Å²) in [7, 11) is 0. The minimum atomic E-state index is -0.0652. The summed E-state index contributed by atoms with van der Waals surface area (Å²) in [4.78, 5) is 16.7. The molecule has 2 aromatic carbocycles. The molecule has 4 heteroatoms. The van der Waals surface area contributed by atoms with Crippen molar-refractivity contribution in [3.63, 3.8) is 0 Å². The molecule has 0 spiro atoms. The van der Waals surface area contributed by atoms with E-state index in [9.17, 15) is 4.79 Å². The van der Waals surface area contributed by atoms with Crippen LogP contribution < -0.4 is 10.2 Å². The average molecular weight is 298 g/mol. The molecule has 0 fully saturated rings. The van der Waals surface area contributed by atoms with Crippen molar-refractivity contribution in [1.82, 2.24) is 5.32 Å². The van der Waals surface area contributed by atoms with E-state index in [0.29, 0.717) is 0 Å². The molecule has 1 aliphatic rings. The van der Waals surface area contributed by atoms with Gasteiger partial charge in [-0.05, 0) is 37.6 Å². The second-order valence-corrected chi connectivity index (χ2v) is 6.22. The zero-order valence-electron chi connectivity index (χ0n) is 12.2. The van der Waals surface area contributed by atoms with Crippen LogP contribution in [0, 0.1) is 0 Å². The summed E-state index contributed by atoms with van der Waals surface area (Å²) >= 11 is 1.71. The van der Waals surface area contributed by atoms with Gasteiger partial charge in [-0.3, -0.25) is 4.90 Å². The van der Waals surface area contributed by atoms with E-state index in [0.717, 1.165) is 27.6 Å². The molecule has 0 saturated carbocycles. The Morgan fingerprint density at radius 1 is 1.10 bits per heavy atom. The van der Waals surface area contributed by atoms with Gasteiger partial charge in [0.2, 0.25) is 0 Å². The Morgan fingerprint density at radius 3 is 2.14 bits per heavy atom. The molecule has 3 rings (SSSR count). The maximum absolute atomic E-state index is 12.7. The van der Waals surface area contributed by atoms with Gasteiger partial charge in [-0.2, -0.15) is 0 Å². The Balaban J connectivity index is 2.04. The molecule has 1 atom stereocenters. The number of fused-ring (bicyclic) bond motifs is 2. The van der Waals surface area contributed by atoms with E-state index in [4.69, 9.17) is 0 Å². The molecule has 1 aliphatic heterocycles.